The molecule has 1 nitrogen and oxygen atoms in total. The zero-order valence-corrected chi connectivity index (χ0v) is 10.4. The van der Waals surface area contributed by atoms with Crippen molar-refractivity contribution in [2.24, 2.45) is 0 Å². The summed E-state index contributed by atoms with van der Waals surface area (Å²) < 4.78 is 0. The Balaban J connectivity index is 2.21. The number of benzene rings is 3. The van der Waals surface area contributed by atoms with Gasteiger partial charge in [-0.3, -0.25) is 0 Å². The molecule has 18 heavy (non-hydrogen) atoms. The Morgan fingerprint density at radius 2 is 1.56 bits per heavy atom. The first kappa shape index (κ1) is 11.1. The Labute approximate surface area is 110 Å². The quantitative estimate of drug-likeness (QED) is 0.657. The predicted octanol–water partition coefficient (Wildman–Crippen LogP) is 4.87. The normalized spacial score (nSPS) is 10.7. The van der Waals surface area contributed by atoms with Crippen LogP contribution in [0.4, 0.5) is 0 Å². The number of aromatic hydroxyl groups is 1. The highest BCUT2D eigenvalue weighted by Gasteiger charge is 2.05. The van der Waals surface area contributed by atoms with Crippen LogP contribution in [-0.4, -0.2) is 5.11 Å². The van der Waals surface area contributed by atoms with E-state index in [2.05, 4.69) is 18.2 Å². The zero-order valence-electron chi connectivity index (χ0n) is 9.60. The predicted molar refractivity (Wildman–Crippen MR) is 76.1 cm³/mol. The largest absolute Gasteiger partial charge is 0.506 e. The van der Waals surface area contributed by atoms with Crippen LogP contribution in [0, 0.1) is 0 Å². The minimum absolute atomic E-state index is 0.122. The molecule has 3 aromatic rings. The number of phenols is 1. The van der Waals surface area contributed by atoms with Gasteiger partial charge in [-0.05, 0) is 28.6 Å². The summed E-state index contributed by atoms with van der Waals surface area (Å²) in [5.74, 6) is 0.122. The third-order valence-corrected chi connectivity index (χ3v) is 3.44. The first-order chi connectivity index (χ1) is 8.75. The molecule has 2 heteroatoms. The van der Waals surface area contributed by atoms with Crippen LogP contribution in [0.25, 0.3) is 21.9 Å². The van der Waals surface area contributed by atoms with Gasteiger partial charge in [-0.15, -0.1) is 0 Å². The van der Waals surface area contributed by atoms with E-state index >= 15 is 0 Å². The van der Waals surface area contributed by atoms with Crippen LogP contribution in [0.5, 0.6) is 5.75 Å². The lowest BCUT2D eigenvalue weighted by atomic mass is 10.0. The molecular formula is C16H11ClO. The lowest BCUT2D eigenvalue weighted by molar-refractivity contribution is 0.476. The molecule has 0 aliphatic carbocycles. The molecule has 0 atom stereocenters. The fourth-order valence-electron chi connectivity index (χ4n) is 2.09. The maximum absolute atomic E-state index is 9.57. The second-order valence-electron chi connectivity index (χ2n) is 4.20. The number of fused-ring (bicyclic) bond motifs is 1. The van der Waals surface area contributed by atoms with Crippen LogP contribution in [0.3, 0.4) is 0 Å². The molecule has 0 aliphatic heterocycles. The average Bonchev–Trinajstić information content (AvgIpc) is 2.44. The van der Waals surface area contributed by atoms with Crippen molar-refractivity contribution in [3.63, 3.8) is 0 Å². The van der Waals surface area contributed by atoms with Gasteiger partial charge in [-0.2, -0.15) is 0 Å². The molecule has 3 rings (SSSR count). The van der Waals surface area contributed by atoms with Gasteiger partial charge in [0.25, 0.3) is 0 Å². The van der Waals surface area contributed by atoms with Gasteiger partial charge in [0.2, 0.25) is 0 Å². The summed E-state index contributed by atoms with van der Waals surface area (Å²) in [7, 11) is 0. The van der Waals surface area contributed by atoms with E-state index < -0.39 is 0 Å². The third kappa shape index (κ3) is 1.83. The molecule has 3 aromatic carbocycles. The van der Waals surface area contributed by atoms with E-state index in [0.717, 1.165) is 16.3 Å². The second kappa shape index (κ2) is 4.35. The molecule has 0 aromatic heterocycles. The molecule has 0 amide bonds. The van der Waals surface area contributed by atoms with Crippen molar-refractivity contribution in [1.82, 2.24) is 0 Å². The molecule has 1 N–H and O–H groups in total. The van der Waals surface area contributed by atoms with Gasteiger partial charge in [0.05, 0.1) is 5.02 Å². The van der Waals surface area contributed by atoms with Crippen LogP contribution < -0.4 is 0 Å². The van der Waals surface area contributed by atoms with Gasteiger partial charge >= 0.3 is 0 Å². The van der Waals surface area contributed by atoms with Gasteiger partial charge in [0.15, 0.2) is 0 Å². The SMILES string of the molecule is Oc1ccc2cc(-c3ccccc3)ccc2c1Cl. The Morgan fingerprint density at radius 1 is 0.778 bits per heavy atom. The van der Waals surface area contributed by atoms with Crippen LogP contribution in [-0.2, 0) is 0 Å². The first-order valence-corrected chi connectivity index (χ1v) is 6.10. The van der Waals surface area contributed by atoms with Crippen molar-refractivity contribution >= 4 is 22.4 Å². The molecule has 0 fully saturated rings. The Kier molecular flexibility index (Phi) is 2.69. The zero-order chi connectivity index (χ0) is 12.5. The van der Waals surface area contributed by atoms with Crippen LogP contribution in [0.15, 0.2) is 60.7 Å². The smallest absolute Gasteiger partial charge is 0.134 e. The summed E-state index contributed by atoms with van der Waals surface area (Å²) in [4.78, 5) is 0. The Bertz CT molecular complexity index is 705. The first-order valence-electron chi connectivity index (χ1n) is 5.72. The van der Waals surface area contributed by atoms with E-state index in [1.807, 2.05) is 36.4 Å². The van der Waals surface area contributed by atoms with Crippen molar-refractivity contribution in [3.05, 3.63) is 65.7 Å². The summed E-state index contributed by atoms with van der Waals surface area (Å²) in [6.45, 7) is 0. The van der Waals surface area contributed by atoms with Crippen molar-refractivity contribution in [2.75, 3.05) is 0 Å². The molecule has 0 unspecified atom stereocenters. The number of halogens is 1. The van der Waals surface area contributed by atoms with Crippen LogP contribution in [0.2, 0.25) is 5.02 Å². The fourth-order valence-corrected chi connectivity index (χ4v) is 2.33. The van der Waals surface area contributed by atoms with Crippen molar-refractivity contribution < 1.29 is 5.11 Å². The number of phenolic OH excluding ortho intramolecular Hbond substituents is 1. The molecule has 0 heterocycles. The van der Waals surface area contributed by atoms with Gasteiger partial charge < -0.3 is 5.11 Å². The molecule has 0 aliphatic rings. The highest BCUT2D eigenvalue weighted by molar-refractivity contribution is 6.37. The minimum atomic E-state index is 0.122. The maximum atomic E-state index is 9.57. The summed E-state index contributed by atoms with van der Waals surface area (Å²) in [6, 6.07) is 19.7. The number of rotatable bonds is 1. The van der Waals surface area contributed by atoms with Crippen LogP contribution in [0.1, 0.15) is 0 Å². The summed E-state index contributed by atoms with van der Waals surface area (Å²) in [6.07, 6.45) is 0. The van der Waals surface area contributed by atoms with Gasteiger partial charge in [-0.1, -0.05) is 60.1 Å². The number of hydrogen-bond donors (Lipinski definition) is 1. The van der Waals surface area contributed by atoms with Crippen molar-refractivity contribution in [2.45, 2.75) is 0 Å². The van der Waals surface area contributed by atoms with Gasteiger partial charge in [0.1, 0.15) is 5.75 Å². The molecule has 0 bridgehead atoms. The minimum Gasteiger partial charge on any atom is -0.506 e. The summed E-state index contributed by atoms with van der Waals surface area (Å²) in [5, 5.41) is 11.9. The summed E-state index contributed by atoms with van der Waals surface area (Å²) >= 11 is 6.07. The van der Waals surface area contributed by atoms with E-state index in [1.54, 1.807) is 6.07 Å². The lowest BCUT2D eigenvalue weighted by Gasteiger charge is -2.06. The third-order valence-electron chi connectivity index (χ3n) is 3.04. The monoisotopic (exact) mass is 254 g/mol. The highest BCUT2D eigenvalue weighted by atomic mass is 35.5. The lowest BCUT2D eigenvalue weighted by Crippen LogP contribution is -1.80. The Morgan fingerprint density at radius 3 is 2.33 bits per heavy atom. The van der Waals surface area contributed by atoms with Gasteiger partial charge in [-0.25, -0.2) is 0 Å². The van der Waals surface area contributed by atoms with Gasteiger partial charge in [0, 0.05) is 5.39 Å². The van der Waals surface area contributed by atoms with Crippen molar-refractivity contribution in [3.8, 4) is 16.9 Å². The molecule has 88 valence electrons. The molecular weight excluding hydrogens is 244 g/mol. The number of hydrogen-bond acceptors (Lipinski definition) is 1. The van der Waals surface area contributed by atoms with E-state index in [-0.39, 0.29) is 5.75 Å². The van der Waals surface area contributed by atoms with E-state index in [1.165, 1.54) is 5.56 Å². The average molecular weight is 255 g/mol. The van der Waals surface area contributed by atoms with Crippen LogP contribution >= 0.6 is 11.6 Å². The highest BCUT2D eigenvalue weighted by Crippen LogP contribution is 2.33. The molecule has 0 spiro atoms. The maximum Gasteiger partial charge on any atom is 0.134 e. The van der Waals surface area contributed by atoms with E-state index in [0.29, 0.717) is 5.02 Å². The van der Waals surface area contributed by atoms with Crippen molar-refractivity contribution in [1.29, 1.82) is 0 Å². The second-order valence-corrected chi connectivity index (χ2v) is 4.58. The topological polar surface area (TPSA) is 20.2 Å². The molecule has 0 radical (unpaired) electrons. The summed E-state index contributed by atoms with van der Waals surface area (Å²) in [5.41, 5.74) is 2.31. The Hall–Kier alpha value is -1.99. The fraction of sp³-hybridized carbons (Fsp3) is 0. The standard InChI is InChI=1S/C16H11ClO/c17-16-14-8-6-12(11-4-2-1-3-5-11)10-13(14)7-9-15(16)18/h1-10,18H. The molecule has 0 saturated heterocycles. The van der Waals surface area contributed by atoms with E-state index in [4.69, 9.17) is 11.6 Å². The molecule has 0 saturated carbocycles. The van der Waals surface area contributed by atoms with E-state index in [9.17, 15) is 5.11 Å².